The zero-order chi connectivity index (χ0) is 16.7. The number of benzene rings is 1. The molecule has 23 heavy (non-hydrogen) atoms. The van der Waals surface area contributed by atoms with E-state index >= 15 is 0 Å². The molecule has 4 nitrogen and oxygen atoms in total. The van der Waals surface area contributed by atoms with Gasteiger partial charge in [-0.2, -0.15) is 0 Å². The van der Waals surface area contributed by atoms with Crippen molar-refractivity contribution in [3.05, 3.63) is 35.6 Å². The Bertz CT molecular complexity index is 511. The van der Waals surface area contributed by atoms with Crippen LogP contribution in [0.4, 0.5) is 4.39 Å². The summed E-state index contributed by atoms with van der Waals surface area (Å²) in [6, 6.07) is 6.41. The van der Waals surface area contributed by atoms with E-state index in [0.29, 0.717) is 32.6 Å². The SMILES string of the molecule is CCN(CC)CCNC(=O)C1(c2cccc(F)c2)CCOCC1. The van der Waals surface area contributed by atoms with E-state index < -0.39 is 5.41 Å². The molecule has 1 aromatic carbocycles. The summed E-state index contributed by atoms with van der Waals surface area (Å²) in [7, 11) is 0. The first-order valence-corrected chi connectivity index (χ1v) is 8.47. The molecule has 1 amide bonds. The van der Waals surface area contributed by atoms with Crippen molar-refractivity contribution in [3.8, 4) is 0 Å². The number of carbonyl (C=O) groups excluding carboxylic acids is 1. The minimum atomic E-state index is -0.677. The lowest BCUT2D eigenvalue weighted by molar-refractivity contribution is -0.130. The van der Waals surface area contributed by atoms with E-state index in [0.717, 1.165) is 25.2 Å². The zero-order valence-corrected chi connectivity index (χ0v) is 14.1. The summed E-state index contributed by atoms with van der Waals surface area (Å²) in [5.74, 6) is -0.317. The predicted molar refractivity (Wildman–Crippen MR) is 88.9 cm³/mol. The first-order chi connectivity index (χ1) is 11.1. The van der Waals surface area contributed by atoms with Gasteiger partial charge in [-0.05, 0) is 43.6 Å². The third kappa shape index (κ3) is 4.30. The minimum Gasteiger partial charge on any atom is -0.381 e. The molecule has 0 aliphatic carbocycles. The fraction of sp³-hybridized carbons (Fsp3) is 0.611. The Morgan fingerprint density at radius 3 is 2.61 bits per heavy atom. The van der Waals surface area contributed by atoms with E-state index in [2.05, 4.69) is 24.1 Å². The average molecular weight is 322 g/mol. The number of carbonyl (C=O) groups is 1. The van der Waals surface area contributed by atoms with Crippen molar-refractivity contribution in [2.45, 2.75) is 32.1 Å². The smallest absolute Gasteiger partial charge is 0.230 e. The van der Waals surface area contributed by atoms with Crippen LogP contribution in [0.5, 0.6) is 0 Å². The Hall–Kier alpha value is -1.46. The van der Waals surface area contributed by atoms with Crippen LogP contribution in [0.3, 0.4) is 0 Å². The zero-order valence-electron chi connectivity index (χ0n) is 14.1. The third-order valence-corrected chi connectivity index (χ3v) is 4.77. The number of rotatable bonds is 7. The first kappa shape index (κ1) is 17.9. The molecule has 0 unspecified atom stereocenters. The number of amides is 1. The molecule has 1 fully saturated rings. The number of nitrogens with one attached hydrogen (secondary N) is 1. The van der Waals surface area contributed by atoms with Gasteiger partial charge in [0, 0.05) is 26.3 Å². The monoisotopic (exact) mass is 322 g/mol. The quantitative estimate of drug-likeness (QED) is 0.838. The Labute approximate surface area is 138 Å². The number of hydrogen-bond acceptors (Lipinski definition) is 3. The van der Waals surface area contributed by atoms with Crippen LogP contribution >= 0.6 is 0 Å². The molecule has 0 saturated carbocycles. The highest BCUT2D eigenvalue weighted by Gasteiger charge is 2.41. The topological polar surface area (TPSA) is 41.6 Å². The van der Waals surface area contributed by atoms with E-state index in [1.165, 1.54) is 12.1 Å². The fourth-order valence-corrected chi connectivity index (χ4v) is 3.19. The molecule has 1 saturated heterocycles. The Kier molecular flexibility index (Phi) is 6.54. The van der Waals surface area contributed by atoms with Gasteiger partial charge in [0.25, 0.3) is 0 Å². The number of likely N-dealkylation sites (N-methyl/N-ethyl adjacent to an activating group) is 1. The molecule has 1 aliphatic rings. The summed E-state index contributed by atoms with van der Waals surface area (Å²) < 4.78 is 19.1. The molecule has 2 rings (SSSR count). The van der Waals surface area contributed by atoms with Crippen molar-refractivity contribution in [1.29, 1.82) is 0 Å². The van der Waals surface area contributed by atoms with Gasteiger partial charge in [0.2, 0.25) is 5.91 Å². The maximum absolute atomic E-state index is 13.6. The lowest BCUT2D eigenvalue weighted by atomic mass is 9.73. The minimum absolute atomic E-state index is 0.0152. The summed E-state index contributed by atoms with van der Waals surface area (Å²) in [5, 5.41) is 3.05. The maximum atomic E-state index is 13.6. The second-order valence-corrected chi connectivity index (χ2v) is 5.99. The molecule has 1 aliphatic heterocycles. The third-order valence-electron chi connectivity index (χ3n) is 4.77. The van der Waals surface area contributed by atoms with Crippen molar-refractivity contribution in [1.82, 2.24) is 10.2 Å². The molecular weight excluding hydrogens is 295 g/mol. The summed E-state index contributed by atoms with van der Waals surface area (Å²) in [5.41, 5.74) is 0.0741. The molecule has 5 heteroatoms. The van der Waals surface area contributed by atoms with Crippen LogP contribution in [-0.2, 0) is 14.9 Å². The van der Waals surface area contributed by atoms with Gasteiger partial charge in [0.1, 0.15) is 5.82 Å². The van der Waals surface area contributed by atoms with E-state index in [4.69, 9.17) is 4.74 Å². The molecule has 0 aromatic heterocycles. The molecule has 0 spiro atoms. The van der Waals surface area contributed by atoms with Gasteiger partial charge in [-0.25, -0.2) is 4.39 Å². The molecule has 1 N–H and O–H groups in total. The second-order valence-electron chi connectivity index (χ2n) is 5.99. The van der Waals surface area contributed by atoms with Crippen molar-refractivity contribution in [2.24, 2.45) is 0 Å². The van der Waals surface area contributed by atoms with Crippen LogP contribution in [0.1, 0.15) is 32.3 Å². The van der Waals surface area contributed by atoms with Gasteiger partial charge in [-0.3, -0.25) is 4.79 Å². The number of halogens is 1. The highest BCUT2D eigenvalue weighted by atomic mass is 19.1. The van der Waals surface area contributed by atoms with E-state index in [9.17, 15) is 9.18 Å². The highest BCUT2D eigenvalue weighted by Crippen LogP contribution is 2.35. The average Bonchev–Trinajstić information content (AvgIpc) is 2.59. The number of hydrogen-bond donors (Lipinski definition) is 1. The first-order valence-electron chi connectivity index (χ1n) is 8.47. The number of ether oxygens (including phenoxy) is 1. The Balaban J connectivity index is 2.10. The van der Waals surface area contributed by atoms with E-state index in [1.54, 1.807) is 6.07 Å². The standard InChI is InChI=1S/C18H27FN2O2/c1-3-21(4-2)11-10-20-17(22)18(8-12-23-13-9-18)15-6-5-7-16(19)14-15/h5-7,14H,3-4,8-13H2,1-2H3,(H,20,22). The molecule has 1 aromatic rings. The van der Waals surface area contributed by atoms with Gasteiger partial charge in [-0.1, -0.05) is 26.0 Å². The van der Waals surface area contributed by atoms with Crippen LogP contribution in [0.25, 0.3) is 0 Å². The van der Waals surface area contributed by atoms with Crippen LogP contribution in [0.2, 0.25) is 0 Å². The van der Waals surface area contributed by atoms with Gasteiger partial charge in [0.05, 0.1) is 5.41 Å². The van der Waals surface area contributed by atoms with Crippen LogP contribution in [-0.4, -0.2) is 50.2 Å². The van der Waals surface area contributed by atoms with E-state index in [-0.39, 0.29) is 11.7 Å². The fourth-order valence-electron chi connectivity index (χ4n) is 3.19. The Morgan fingerprint density at radius 1 is 1.30 bits per heavy atom. The van der Waals surface area contributed by atoms with Crippen molar-refractivity contribution >= 4 is 5.91 Å². The molecule has 1 heterocycles. The normalized spacial score (nSPS) is 17.2. The molecule has 0 radical (unpaired) electrons. The van der Waals surface area contributed by atoms with Crippen molar-refractivity contribution in [2.75, 3.05) is 39.4 Å². The van der Waals surface area contributed by atoms with Gasteiger partial charge >= 0.3 is 0 Å². The summed E-state index contributed by atoms with van der Waals surface area (Å²) in [6.45, 7) is 8.65. The number of nitrogens with zero attached hydrogens (tertiary/aromatic N) is 1. The summed E-state index contributed by atoms with van der Waals surface area (Å²) in [4.78, 5) is 15.1. The largest absolute Gasteiger partial charge is 0.381 e. The van der Waals surface area contributed by atoms with Gasteiger partial charge < -0.3 is 15.0 Å². The van der Waals surface area contributed by atoms with Crippen molar-refractivity contribution < 1.29 is 13.9 Å². The lowest BCUT2D eigenvalue weighted by Crippen LogP contribution is -2.49. The lowest BCUT2D eigenvalue weighted by Gasteiger charge is -2.36. The second kappa shape index (κ2) is 8.41. The molecule has 0 bridgehead atoms. The highest BCUT2D eigenvalue weighted by molar-refractivity contribution is 5.88. The van der Waals surface area contributed by atoms with Crippen molar-refractivity contribution in [3.63, 3.8) is 0 Å². The van der Waals surface area contributed by atoms with Gasteiger partial charge in [-0.15, -0.1) is 0 Å². The molecule has 0 atom stereocenters. The maximum Gasteiger partial charge on any atom is 0.230 e. The molecular formula is C18H27FN2O2. The summed E-state index contributed by atoms with van der Waals surface area (Å²) in [6.07, 6.45) is 1.18. The van der Waals surface area contributed by atoms with Crippen LogP contribution in [0, 0.1) is 5.82 Å². The predicted octanol–water partition coefficient (Wildman–Crippen LogP) is 2.33. The van der Waals surface area contributed by atoms with Gasteiger partial charge in [0.15, 0.2) is 0 Å². The van der Waals surface area contributed by atoms with Crippen LogP contribution in [0.15, 0.2) is 24.3 Å². The van der Waals surface area contributed by atoms with E-state index in [1.807, 2.05) is 6.07 Å². The molecule has 128 valence electrons. The summed E-state index contributed by atoms with van der Waals surface area (Å²) >= 11 is 0. The van der Waals surface area contributed by atoms with Crippen LogP contribution < -0.4 is 5.32 Å². The Morgan fingerprint density at radius 2 is 2.00 bits per heavy atom.